The molecule has 0 atom stereocenters. The third kappa shape index (κ3) is 4.36. The van der Waals surface area contributed by atoms with Crippen LogP contribution in [0.15, 0.2) is 41.0 Å². The molecule has 0 saturated carbocycles. The van der Waals surface area contributed by atoms with Gasteiger partial charge < -0.3 is 15.5 Å². The monoisotopic (exact) mass is 287 g/mol. The molecule has 5 heteroatoms. The number of amides is 1. The van der Waals surface area contributed by atoms with Crippen LogP contribution in [0.3, 0.4) is 0 Å². The van der Waals surface area contributed by atoms with E-state index in [0.717, 1.165) is 23.6 Å². The van der Waals surface area contributed by atoms with Gasteiger partial charge in [0, 0.05) is 11.4 Å². The Bertz CT molecular complexity index is 594. The highest BCUT2D eigenvalue weighted by atomic mass is 16.3. The molecule has 0 aliphatic carbocycles. The van der Waals surface area contributed by atoms with Crippen LogP contribution < -0.4 is 11.1 Å². The minimum atomic E-state index is -0.0451. The number of nitrogens with two attached hydrogens (primary N) is 1. The van der Waals surface area contributed by atoms with Gasteiger partial charge in [-0.3, -0.25) is 9.69 Å². The Kier molecular flexibility index (Phi) is 5.00. The molecule has 0 spiro atoms. The highest BCUT2D eigenvalue weighted by Gasteiger charge is 2.12. The quantitative estimate of drug-likeness (QED) is 0.801. The van der Waals surface area contributed by atoms with E-state index in [0.29, 0.717) is 18.8 Å². The maximum atomic E-state index is 12.1. The lowest BCUT2D eigenvalue weighted by molar-refractivity contribution is -0.117. The zero-order valence-electron chi connectivity index (χ0n) is 12.4. The summed E-state index contributed by atoms with van der Waals surface area (Å²) in [5, 5.41) is 2.92. The van der Waals surface area contributed by atoms with Gasteiger partial charge in [0.05, 0.1) is 19.4 Å². The van der Waals surface area contributed by atoms with Crippen molar-refractivity contribution in [2.45, 2.75) is 20.4 Å². The number of likely N-dealkylation sites (N-methyl/N-ethyl adjacent to an activating group) is 1. The van der Waals surface area contributed by atoms with E-state index < -0.39 is 0 Å². The average Bonchev–Trinajstić information content (AvgIpc) is 2.94. The average molecular weight is 287 g/mol. The number of anilines is 2. The number of nitrogens with zero attached hydrogens (tertiary/aromatic N) is 1. The summed E-state index contributed by atoms with van der Waals surface area (Å²) in [4.78, 5) is 14.1. The molecule has 5 nitrogen and oxygen atoms in total. The summed E-state index contributed by atoms with van der Waals surface area (Å²) in [6.45, 7) is 5.66. The summed E-state index contributed by atoms with van der Waals surface area (Å²) in [6, 6.07) is 9.20. The molecule has 3 N–H and O–H groups in total. The Hall–Kier alpha value is -2.27. The van der Waals surface area contributed by atoms with Crippen LogP contribution in [-0.4, -0.2) is 23.9 Å². The van der Waals surface area contributed by atoms with E-state index in [1.807, 2.05) is 43.0 Å². The van der Waals surface area contributed by atoms with Crippen LogP contribution in [0.5, 0.6) is 0 Å². The van der Waals surface area contributed by atoms with Gasteiger partial charge in [0.25, 0.3) is 0 Å². The third-order valence-electron chi connectivity index (χ3n) is 3.30. The van der Waals surface area contributed by atoms with Gasteiger partial charge in [-0.2, -0.15) is 0 Å². The lowest BCUT2D eigenvalue weighted by Crippen LogP contribution is -2.32. The first-order chi connectivity index (χ1) is 10.1. The molecular weight excluding hydrogens is 266 g/mol. The van der Waals surface area contributed by atoms with Gasteiger partial charge in [-0.05, 0) is 49.4 Å². The van der Waals surface area contributed by atoms with Crippen molar-refractivity contribution in [1.82, 2.24) is 4.90 Å². The van der Waals surface area contributed by atoms with Gasteiger partial charge in [-0.15, -0.1) is 0 Å². The third-order valence-corrected chi connectivity index (χ3v) is 3.30. The maximum Gasteiger partial charge on any atom is 0.238 e. The first-order valence-corrected chi connectivity index (χ1v) is 6.99. The highest BCUT2D eigenvalue weighted by Crippen LogP contribution is 2.17. The molecule has 0 aliphatic rings. The van der Waals surface area contributed by atoms with Crippen molar-refractivity contribution in [2.75, 3.05) is 24.1 Å². The van der Waals surface area contributed by atoms with Crippen molar-refractivity contribution in [1.29, 1.82) is 0 Å². The lowest BCUT2D eigenvalue weighted by Gasteiger charge is -2.19. The molecule has 0 fully saturated rings. The first-order valence-electron chi connectivity index (χ1n) is 6.99. The number of carbonyl (C=O) groups excluding carboxylic acids is 1. The summed E-state index contributed by atoms with van der Waals surface area (Å²) < 4.78 is 5.31. The zero-order chi connectivity index (χ0) is 15.2. The van der Waals surface area contributed by atoms with E-state index in [4.69, 9.17) is 10.2 Å². The number of nitrogen functional groups attached to an aromatic ring is 1. The first kappa shape index (κ1) is 15.1. The van der Waals surface area contributed by atoms with Crippen LogP contribution in [0.25, 0.3) is 0 Å². The van der Waals surface area contributed by atoms with Gasteiger partial charge in [-0.25, -0.2) is 0 Å². The molecule has 112 valence electrons. The molecule has 1 aromatic heterocycles. The standard InChI is InChI=1S/C16H21N3O2/c1-3-19(10-14-5-4-8-21-14)11-16(20)18-15-7-6-13(17)9-12(15)2/h4-9H,3,10-11,17H2,1-2H3,(H,18,20). The molecule has 2 aromatic rings. The fraction of sp³-hybridized carbons (Fsp3) is 0.312. The van der Waals surface area contributed by atoms with Crippen LogP contribution >= 0.6 is 0 Å². The number of benzene rings is 1. The van der Waals surface area contributed by atoms with Crippen molar-refractivity contribution >= 4 is 17.3 Å². The Morgan fingerprint density at radius 1 is 1.38 bits per heavy atom. The second kappa shape index (κ2) is 6.95. The number of furan rings is 1. The van der Waals surface area contributed by atoms with Crippen LogP contribution in [0, 0.1) is 6.92 Å². The molecule has 0 bridgehead atoms. The van der Waals surface area contributed by atoms with E-state index in [1.54, 1.807) is 12.3 Å². The van der Waals surface area contributed by atoms with Crippen LogP contribution in [0.2, 0.25) is 0 Å². The molecule has 1 heterocycles. The van der Waals surface area contributed by atoms with Crippen molar-refractivity contribution in [2.24, 2.45) is 0 Å². The zero-order valence-corrected chi connectivity index (χ0v) is 12.4. The van der Waals surface area contributed by atoms with Crippen molar-refractivity contribution in [3.63, 3.8) is 0 Å². The van der Waals surface area contributed by atoms with Crippen LogP contribution in [0.4, 0.5) is 11.4 Å². The molecule has 1 amide bonds. The Morgan fingerprint density at radius 3 is 2.81 bits per heavy atom. The normalized spacial score (nSPS) is 10.8. The Balaban J connectivity index is 1.93. The highest BCUT2D eigenvalue weighted by molar-refractivity contribution is 5.93. The van der Waals surface area contributed by atoms with Crippen molar-refractivity contribution in [3.05, 3.63) is 47.9 Å². The van der Waals surface area contributed by atoms with Gasteiger partial charge in [-0.1, -0.05) is 6.92 Å². The van der Waals surface area contributed by atoms with Gasteiger partial charge in [0.15, 0.2) is 0 Å². The van der Waals surface area contributed by atoms with E-state index in [2.05, 4.69) is 5.32 Å². The van der Waals surface area contributed by atoms with E-state index in [9.17, 15) is 4.79 Å². The fourth-order valence-corrected chi connectivity index (χ4v) is 2.12. The summed E-state index contributed by atoms with van der Waals surface area (Å²) in [5.41, 5.74) is 8.15. The molecule has 0 saturated heterocycles. The van der Waals surface area contributed by atoms with E-state index >= 15 is 0 Å². The number of nitrogens with one attached hydrogen (secondary N) is 1. The number of aryl methyl sites for hydroxylation is 1. The minimum absolute atomic E-state index is 0.0451. The topological polar surface area (TPSA) is 71.5 Å². The minimum Gasteiger partial charge on any atom is -0.468 e. The van der Waals surface area contributed by atoms with Crippen molar-refractivity contribution < 1.29 is 9.21 Å². The molecule has 1 aromatic carbocycles. The molecule has 21 heavy (non-hydrogen) atoms. The predicted molar refractivity (Wildman–Crippen MR) is 83.9 cm³/mol. The number of rotatable bonds is 6. The van der Waals surface area contributed by atoms with Gasteiger partial charge in [0.2, 0.25) is 5.91 Å². The van der Waals surface area contributed by atoms with Gasteiger partial charge >= 0.3 is 0 Å². The summed E-state index contributed by atoms with van der Waals surface area (Å²) in [7, 11) is 0. The Morgan fingerprint density at radius 2 is 2.19 bits per heavy atom. The summed E-state index contributed by atoms with van der Waals surface area (Å²) in [5.74, 6) is 0.810. The summed E-state index contributed by atoms with van der Waals surface area (Å²) in [6.07, 6.45) is 1.64. The maximum absolute atomic E-state index is 12.1. The Labute approximate surface area is 124 Å². The molecule has 0 aliphatic heterocycles. The van der Waals surface area contributed by atoms with Gasteiger partial charge in [0.1, 0.15) is 5.76 Å². The number of carbonyl (C=O) groups is 1. The molecular formula is C16H21N3O2. The second-order valence-electron chi connectivity index (χ2n) is 5.01. The SMILES string of the molecule is CCN(CC(=O)Nc1ccc(N)cc1C)Cc1ccco1. The largest absolute Gasteiger partial charge is 0.468 e. The smallest absolute Gasteiger partial charge is 0.238 e. The molecule has 0 radical (unpaired) electrons. The number of hydrogen-bond acceptors (Lipinski definition) is 4. The number of hydrogen-bond donors (Lipinski definition) is 2. The van der Waals surface area contributed by atoms with E-state index in [-0.39, 0.29) is 5.91 Å². The van der Waals surface area contributed by atoms with E-state index in [1.165, 1.54) is 0 Å². The fourth-order valence-electron chi connectivity index (χ4n) is 2.12. The molecule has 2 rings (SSSR count). The molecule has 0 unspecified atom stereocenters. The van der Waals surface area contributed by atoms with Crippen LogP contribution in [-0.2, 0) is 11.3 Å². The lowest BCUT2D eigenvalue weighted by atomic mass is 10.2. The van der Waals surface area contributed by atoms with Crippen molar-refractivity contribution in [3.8, 4) is 0 Å². The van der Waals surface area contributed by atoms with Crippen LogP contribution in [0.1, 0.15) is 18.2 Å². The predicted octanol–water partition coefficient (Wildman–Crippen LogP) is 2.63. The second-order valence-corrected chi connectivity index (χ2v) is 5.01. The summed E-state index contributed by atoms with van der Waals surface area (Å²) >= 11 is 0.